The smallest absolute Gasteiger partial charge is 0.408 e. The first-order chi connectivity index (χ1) is 15.7. The zero-order valence-electron chi connectivity index (χ0n) is 17.7. The van der Waals surface area contributed by atoms with Gasteiger partial charge in [0.2, 0.25) is 20.0 Å². The standard InChI is InChI=1S/C22H21N3O6S2/c1-23-20-9-8-19(15-21(20)31-22(23)26)33(29,30)25-12-10-24(11-13-25)32(27,28)18-7-6-16-4-2-3-5-17(16)14-18/h2-9,14-15H,10-13H2,1H3. The van der Waals surface area contributed by atoms with Crippen LogP contribution in [0.5, 0.6) is 0 Å². The highest BCUT2D eigenvalue weighted by Gasteiger charge is 2.34. The molecule has 0 saturated carbocycles. The summed E-state index contributed by atoms with van der Waals surface area (Å²) in [6, 6.07) is 16.7. The zero-order chi connectivity index (χ0) is 23.4. The summed E-state index contributed by atoms with van der Waals surface area (Å²) in [5, 5.41) is 1.77. The quantitative estimate of drug-likeness (QED) is 0.435. The van der Waals surface area contributed by atoms with E-state index in [0.717, 1.165) is 10.8 Å². The molecule has 1 aliphatic heterocycles. The van der Waals surface area contributed by atoms with Crippen LogP contribution in [-0.2, 0) is 27.1 Å². The third-order valence-electron chi connectivity index (χ3n) is 5.96. The topological polar surface area (TPSA) is 110 Å². The lowest BCUT2D eigenvalue weighted by molar-refractivity contribution is 0.273. The minimum absolute atomic E-state index is 0.00446. The molecule has 0 amide bonds. The molecule has 0 unspecified atom stereocenters. The van der Waals surface area contributed by atoms with Gasteiger partial charge in [-0.15, -0.1) is 0 Å². The minimum atomic E-state index is -3.88. The van der Waals surface area contributed by atoms with E-state index in [0.29, 0.717) is 5.52 Å². The molecule has 1 aromatic heterocycles. The lowest BCUT2D eigenvalue weighted by Crippen LogP contribution is -2.50. The predicted octanol–water partition coefficient (Wildman–Crippen LogP) is 1.98. The Kier molecular flexibility index (Phi) is 5.16. The summed E-state index contributed by atoms with van der Waals surface area (Å²) >= 11 is 0. The van der Waals surface area contributed by atoms with E-state index in [4.69, 9.17) is 4.42 Å². The Labute approximate surface area is 190 Å². The molecule has 3 aromatic carbocycles. The van der Waals surface area contributed by atoms with E-state index in [-0.39, 0.29) is 41.6 Å². The van der Waals surface area contributed by atoms with Gasteiger partial charge in [0.05, 0.1) is 15.3 Å². The minimum Gasteiger partial charge on any atom is -0.408 e. The van der Waals surface area contributed by atoms with Crippen LogP contribution in [0.25, 0.3) is 21.9 Å². The van der Waals surface area contributed by atoms with Crippen LogP contribution in [0.3, 0.4) is 0 Å². The van der Waals surface area contributed by atoms with E-state index in [2.05, 4.69) is 0 Å². The maximum atomic E-state index is 13.2. The number of hydrogen-bond donors (Lipinski definition) is 0. The summed E-state index contributed by atoms with van der Waals surface area (Å²) < 4.78 is 61.5. The molecule has 5 rings (SSSR count). The number of oxazole rings is 1. The Balaban J connectivity index is 1.37. The van der Waals surface area contributed by atoms with Crippen LogP contribution in [0, 0.1) is 0 Å². The van der Waals surface area contributed by atoms with Gasteiger partial charge in [0.15, 0.2) is 5.58 Å². The molecule has 1 saturated heterocycles. The van der Waals surface area contributed by atoms with Crippen molar-refractivity contribution in [3.05, 3.63) is 71.2 Å². The Bertz CT molecular complexity index is 1650. The van der Waals surface area contributed by atoms with E-state index >= 15 is 0 Å². The molecule has 4 aromatic rings. The van der Waals surface area contributed by atoms with Crippen molar-refractivity contribution in [1.82, 2.24) is 13.2 Å². The monoisotopic (exact) mass is 487 g/mol. The van der Waals surface area contributed by atoms with Gasteiger partial charge in [-0.1, -0.05) is 30.3 Å². The summed E-state index contributed by atoms with van der Waals surface area (Å²) in [6.45, 7) is 0.117. The van der Waals surface area contributed by atoms with Crippen molar-refractivity contribution in [3.63, 3.8) is 0 Å². The van der Waals surface area contributed by atoms with Crippen molar-refractivity contribution in [3.8, 4) is 0 Å². The number of rotatable bonds is 4. The number of nitrogens with zero attached hydrogens (tertiary/aromatic N) is 3. The second-order valence-corrected chi connectivity index (χ2v) is 11.7. The highest BCUT2D eigenvalue weighted by atomic mass is 32.2. The Morgan fingerprint density at radius 2 is 1.27 bits per heavy atom. The molecule has 0 atom stereocenters. The molecule has 1 aliphatic rings. The van der Waals surface area contributed by atoms with E-state index < -0.39 is 25.8 Å². The molecular weight excluding hydrogens is 466 g/mol. The lowest BCUT2D eigenvalue weighted by atomic mass is 10.1. The van der Waals surface area contributed by atoms with Crippen LogP contribution >= 0.6 is 0 Å². The Morgan fingerprint density at radius 1 is 0.727 bits per heavy atom. The molecule has 33 heavy (non-hydrogen) atoms. The first kappa shape index (κ1) is 21.8. The van der Waals surface area contributed by atoms with E-state index in [1.807, 2.05) is 24.3 Å². The third-order valence-corrected chi connectivity index (χ3v) is 9.75. The first-order valence-electron chi connectivity index (χ1n) is 10.3. The van der Waals surface area contributed by atoms with Gasteiger partial charge in [0, 0.05) is 39.3 Å². The van der Waals surface area contributed by atoms with Crippen LogP contribution in [0.1, 0.15) is 0 Å². The number of benzene rings is 3. The van der Waals surface area contributed by atoms with Gasteiger partial charge < -0.3 is 4.42 Å². The summed E-state index contributed by atoms with van der Waals surface area (Å²) in [7, 11) is -6.10. The first-order valence-corrected chi connectivity index (χ1v) is 13.1. The van der Waals surface area contributed by atoms with E-state index in [1.165, 1.54) is 38.4 Å². The molecule has 172 valence electrons. The number of sulfonamides is 2. The van der Waals surface area contributed by atoms with Gasteiger partial charge in [-0.3, -0.25) is 4.57 Å². The van der Waals surface area contributed by atoms with Gasteiger partial charge in [-0.05, 0) is 35.0 Å². The lowest BCUT2D eigenvalue weighted by Gasteiger charge is -2.33. The molecule has 2 heterocycles. The Morgan fingerprint density at radius 3 is 1.91 bits per heavy atom. The molecule has 11 heteroatoms. The second kappa shape index (κ2) is 7.80. The van der Waals surface area contributed by atoms with Crippen LogP contribution < -0.4 is 5.76 Å². The maximum absolute atomic E-state index is 13.2. The SMILES string of the molecule is Cn1c(=O)oc2cc(S(=O)(=O)N3CCN(S(=O)(=O)c4ccc5ccccc5c4)CC3)ccc21. The summed E-state index contributed by atoms with van der Waals surface area (Å²) in [4.78, 5) is 11.9. The average molecular weight is 488 g/mol. The number of aryl methyl sites for hydroxylation is 1. The molecule has 9 nitrogen and oxygen atoms in total. The fourth-order valence-corrected chi connectivity index (χ4v) is 6.95. The van der Waals surface area contributed by atoms with Crippen molar-refractivity contribution in [2.24, 2.45) is 7.05 Å². The number of hydrogen-bond acceptors (Lipinski definition) is 6. The van der Waals surface area contributed by atoms with Gasteiger partial charge in [-0.25, -0.2) is 21.6 Å². The fourth-order valence-electron chi connectivity index (χ4n) is 4.05. The van der Waals surface area contributed by atoms with Gasteiger partial charge in [0.25, 0.3) is 0 Å². The molecule has 0 radical (unpaired) electrons. The van der Waals surface area contributed by atoms with Gasteiger partial charge in [0.1, 0.15) is 0 Å². The number of piperazine rings is 1. The van der Waals surface area contributed by atoms with Crippen molar-refractivity contribution >= 4 is 41.9 Å². The van der Waals surface area contributed by atoms with Crippen molar-refractivity contribution < 1.29 is 21.3 Å². The van der Waals surface area contributed by atoms with Crippen LogP contribution in [0.4, 0.5) is 0 Å². The number of aromatic nitrogens is 1. The summed E-state index contributed by atoms with van der Waals surface area (Å²) in [5.74, 6) is -0.577. The molecule has 0 bridgehead atoms. The maximum Gasteiger partial charge on any atom is 0.419 e. The third kappa shape index (κ3) is 3.66. The van der Waals surface area contributed by atoms with E-state index in [1.54, 1.807) is 18.2 Å². The predicted molar refractivity (Wildman–Crippen MR) is 123 cm³/mol. The second-order valence-electron chi connectivity index (χ2n) is 7.87. The largest absolute Gasteiger partial charge is 0.419 e. The molecule has 0 N–H and O–H groups in total. The fraction of sp³-hybridized carbons (Fsp3) is 0.227. The average Bonchev–Trinajstić information content (AvgIpc) is 3.11. The van der Waals surface area contributed by atoms with Crippen molar-refractivity contribution in [2.45, 2.75) is 9.79 Å². The molecular formula is C22H21N3O6S2. The zero-order valence-corrected chi connectivity index (χ0v) is 19.3. The number of fused-ring (bicyclic) bond motifs is 2. The summed E-state index contributed by atoms with van der Waals surface area (Å²) in [6.07, 6.45) is 0. The Hall–Kier alpha value is -2.99. The van der Waals surface area contributed by atoms with Crippen molar-refractivity contribution in [1.29, 1.82) is 0 Å². The van der Waals surface area contributed by atoms with E-state index in [9.17, 15) is 21.6 Å². The van der Waals surface area contributed by atoms with Crippen LogP contribution in [-0.4, -0.2) is 56.2 Å². The molecule has 0 aliphatic carbocycles. The highest BCUT2D eigenvalue weighted by molar-refractivity contribution is 7.89. The normalized spacial score (nSPS) is 16.5. The highest BCUT2D eigenvalue weighted by Crippen LogP contribution is 2.26. The summed E-state index contributed by atoms with van der Waals surface area (Å²) in [5.41, 5.74) is 0.673. The van der Waals surface area contributed by atoms with Gasteiger partial charge >= 0.3 is 5.76 Å². The van der Waals surface area contributed by atoms with Crippen LogP contribution in [0.15, 0.2) is 79.7 Å². The van der Waals surface area contributed by atoms with Crippen LogP contribution in [0.2, 0.25) is 0 Å². The van der Waals surface area contributed by atoms with Gasteiger partial charge in [-0.2, -0.15) is 8.61 Å². The molecule has 0 spiro atoms. The van der Waals surface area contributed by atoms with Crippen molar-refractivity contribution in [2.75, 3.05) is 26.2 Å². The molecule has 1 fully saturated rings.